The second-order valence-corrected chi connectivity index (χ2v) is 6.94. The minimum atomic E-state index is -0.228. The van der Waals surface area contributed by atoms with Crippen molar-refractivity contribution >= 4 is 17.2 Å². The molecule has 0 atom stereocenters. The first kappa shape index (κ1) is 17.5. The van der Waals surface area contributed by atoms with Gasteiger partial charge in [0.2, 0.25) is 0 Å². The number of nitrogens with one attached hydrogen (secondary N) is 1. The van der Waals surface area contributed by atoms with Crippen LogP contribution in [-0.4, -0.2) is 39.9 Å². The van der Waals surface area contributed by atoms with Crippen molar-refractivity contribution in [3.63, 3.8) is 0 Å². The van der Waals surface area contributed by atoms with Gasteiger partial charge in [-0.3, -0.25) is 4.79 Å². The molecule has 8 nitrogen and oxygen atoms in total. The van der Waals surface area contributed by atoms with E-state index >= 15 is 0 Å². The third-order valence-corrected chi connectivity index (χ3v) is 5.35. The lowest BCUT2D eigenvalue weighted by molar-refractivity contribution is 0.0945. The number of aryl methyl sites for hydroxylation is 1. The fourth-order valence-electron chi connectivity index (χ4n) is 3.07. The van der Waals surface area contributed by atoms with Crippen LogP contribution in [-0.2, 0) is 19.5 Å². The Labute approximate surface area is 160 Å². The molecule has 1 aromatic carbocycles. The lowest BCUT2D eigenvalue weighted by Gasteiger charge is -2.08. The van der Waals surface area contributed by atoms with Gasteiger partial charge in [0, 0.05) is 23.9 Å². The molecule has 140 valence electrons. The van der Waals surface area contributed by atoms with E-state index in [1.165, 1.54) is 11.3 Å². The zero-order valence-electron chi connectivity index (χ0n) is 15.1. The van der Waals surface area contributed by atoms with E-state index in [-0.39, 0.29) is 5.91 Å². The van der Waals surface area contributed by atoms with E-state index in [4.69, 9.17) is 9.47 Å². The lowest BCUT2D eigenvalue weighted by atomic mass is 10.2. The predicted molar refractivity (Wildman–Crippen MR) is 100 cm³/mol. The van der Waals surface area contributed by atoms with Crippen LogP contribution in [0.1, 0.15) is 28.6 Å². The highest BCUT2D eigenvalue weighted by atomic mass is 32.1. The first-order chi connectivity index (χ1) is 13.2. The number of benzene rings is 1. The van der Waals surface area contributed by atoms with Crippen molar-refractivity contribution in [3.8, 4) is 22.1 Å². The molecule has 0 unspecified atom stereocenters. The van der Waals surface area contributed by atoms with Gasteiger partial charge in [-0.1, -0.05) is 0 Å². The Morgan fingerprint density at radius 3 is 2.93 bits per heavy atom. The smallest absolute Gasteiger partial charge is 0.271 e. The van der Waals surface area contributed by atoms with E-state index in [0.717, 1.165) is 41.6 Å². The van der Waals surface area contributed by atoms with Gasteiger partial charge in [0.05, 0.1) is 20.8 Å². The maximum Gasteiger partial charge on any atom is 0.271 e. The molecule has 4 rings (SSSR count). The van der Waals surface area contributed by atoms with Crippen LogP contribution in [0.2, 0.25) is 0 Å². The number of fused-ring (bicyclic) bond motifs is 1. The van der Waals surface area contributed by atoms with Crippen LogP contribution in [0, 0.1) is 0 Å². The largest absolute Gasteiger partial charge is 0.493 e. The summed E-state index contributed by atoms with van der Waals surface area (Å²) in [5.74, 6) is 2.82. The van der Waals surface area contributed by atoms with Crippen molar-refractivity contribution in [3.05, 3.63) is 40.9 Å². The normalized spacial score (nSPS) is 12.7. The zero-order valence-corrected chi connectivity index (χ0v) is 15.9. The Hall–Kier alpha value is -2.94. The number of carbonyl (C=O) groups excluding carboxylic acids is 1. The summed E-state index contributed by atoms with van der Waals surface area (Å²) in [5, 5.41) is 13.7. The van der Waals surface area contributed by atoms with Gasteiger partial charge in [0.15, 0.2) is 17.3 Å². The highest BCUT2D eigenvalue weighted by Crippen LogP contribution is 2.33. The number of amides is 1. The molecular weight excluding hydrogens is 366 g/mol. The molecule has 0 fully saturated rings. The fraction of sp³-hybridized carbons (Fsp3) is 0.333. The third kappa shape index (κ3) is 3.37. The van der Waals surface area contributed by atoms with E-state index < -0.39 is 0 Å². The number of carbonyl (C=O) groups is 1. The summed E-state index contributed by atoms with van der Waals surface area (Å²) in [6.45, 7) is 1.25. The Morgan fingerprint density at radius 2 is 2.11 bits per heavy atom. The number of aromatic nitrogens is 4. The Bertz CT molecular complexity index is 981. The molecule has 0 aliphatic carbocycles. The molecule has 1 amide bonds. The first-order valence-electron chi connectivity index (χ1n) is 8.56. The van der Waals surface area contributed by atoms with Crippen molar-refractivity contribution in [2.24, 2.45) is 0 Å². The number of methoxy groups -OCH3 is 2. The van der Waals surface area contributed by atoms with Crippen molar-refractivity contribution < 1.29 is 14.3 Å². The second-order valence-electron chi connectivity index (χ2n) is 6.08. The molecule has 3 aromatic rings. The molecule has 9 heteroatoms. The number of nitrogens with zero attached hydrogens (tertiary/aromatic N) is 4. The molecular formula is C18H19N5O3S. The summed E-state index contributed by atoms with van der Waals surface area (Å²) in [5.41, 5.74) is 1.25. The van der Waals surface area contributed by atoms with Gasteiger partial charge in [-0.25, -0.2) is 4.98 Å². The van der Waals surface area contributed by atoms with Crippen LogP contribution in [0.15, 0.2) is 23.6 Å². The van der Waals surface area contributed by atoms with Gasteiger partial charge in [-0.15, -0.1) is 21.5 Å². The van der Waals surface area contributed by atoms with Gasteiger partial charge >= 0.3 is 0 Å². The molecule has 1 aliphatic heterocycles. The van der Waals surface area contributed by atoms with Crippen LogP contribution >= 0.6 is 11.3 Å². The molecule has 2 aromatic heterocycles. The predicted octanol–water partition coefficient (Wildman–Crippen LogP) is 2.29. The molecule has 0 bridgehead atoms. The zero-order chi connectivity index (χ0) is 18.8. The number of hydrogen-bond donors (Lipinski definition) is 1. The topological polar surface area (TPSA) is 91.2 Å². The summed E-state index contributed by atoms with van der Waals surface area (Å²) < 4.78 is 12.6. The van der Waals surface area contributed by atoms with Gasteiger partial charge in [0.1, 0.15) is 16.5 Å². The fourth-order valence-corrected chi connectivity index (χ4v) is 3.87. The van der Waals surface area contributed by atoms with E-state index in [0.29, 0.717) is 23.7 Å². The summed E-state index contributed by atoms with van der Waals surface area (Å²) in [4.78, 5) is 16.9. The van der Waals surface area contributed by atoms with Crippen LogP contribution in [0.5, 0.6) is 11.5 Å². The maximum atomic E-state index is 12.4. The van der Waals surface area contributed by atoms with E-state index in [2.05, 4.69) is 25.1 Å². The Kier molecular flexibility index (Phi) is 4.76. The monoisotopic (exact) mass is 385 g/mol. The average molecular weight is 385 g/mol. The number of ether oxygens (including phenoxy) is 2. The van der Waals surface area contributed by atoms with Crippen LogP contribution in [0.3, 0.4) is 0 Å². The van der Waals surface area contributed by atoms with Gasteiger partial charge in [0.25, 0.3) is 5.91 Å². The van der Waals surface area contributed by atoms with Crippen molar-refractivity contribution in [2.75, 3.05) is 14.2 Å². The maximum absolute atomic E-state index is 12.4. The summed E-state index contributed by atoms with van der Waals surface area (Å²) in [7, 11) is 3.18. The molecule has 1 aliphatic rings. The Balaban J connectivity index is 1.46. The molecule has 0 saturated heterocycles. The summed E-state index contributed by atoms with van der Waals surface area (Å²) >= 11 is 1.41. The molecule has 27 heavy (non-hydrogen) atoms. The SMILES string of the molecule is COc1ccc(-c2nc(C(=O)NCc3nnc4n3CCC4)cs2)cc1OC. The molecule has 0 spiro atoms. The highest BCUT2D eigenvalue weighted by molar-refractivity contribution is 7.13. The molecule has 3 heterocycles. The van der Waals surface area contributed by atoms with E-state index in [1.807, 2.05) is 18.2 Å². The van der Waals surface area contributed by atoms with Crippen LogP contribution < -0.4 is 14.8 Å². The molecule has 1 N–H and O–H groups in total. The van der Waals surface area contributed by atoms with Gasteiger partial charge in [-0.2, -0.15) is 0 Å². The second kappa shape index (κ2) is 7.36. The van der Waals surface area contributed by atoms with Crippen molar-refractivity contribution in [1.29, 1.82) is 0 Å². The minimum absolute atomic E-state index is 0.228. The van der Waals surface area contributed by atoms with E-state index in [9.17, 15) is 4.79 Å². The number of thiazole rings is 1. The Morgan fingerprint density at radius 1 is 1.26 bits per heavy atom. The van der Waals surface area contributed by atoms with Crippen LogP contribution in [0.4, 0.5) is 0 Å². The van der Waals surface area contributed by atoms with Gasteiger partial charge in [-0.05, 0) is 24.6 Å². The standard InChI is InChI=1S/C18H19N5O3S/c1-25-13-6-5-11(8-14(13)26-2)18-20-12(10-27-18)17(24)19-9-16-22-21-15-4-3-7-23(15)16/h5-6,8,10H,3-4,7,9H2,1-2H3,(H,19,24). The van der Waals surface area contributed by atoms with Crippen molar-refractivity contribution in [2.45, 2.75) is 25.9 Å². The summed E-state index contributed by atoms with van der Waals surface area (Å²) in [6, 6.07) is 5.56. The first-order valence-corrected chi connectivity index (χ1v) is 9.44. The van der Waals surface area contributed by atoms with Gasteiger partial charge < -0.3 is 19.4 Å². The molecule has 0 radical (unpaired) electrons. The lowest BCUT2D eigenvalue weighted by Crippen LogP contribution is -2.25. The summed E-state index contributed by atoms with van der Waals surface area (Å²) in [6.07, 6.45) is 2.02. The highest BCUT2D eigenvalue weighted by Gasteiger charge is 2.19. The average Bonchev–Trinajstić information content (AvgIpc) is 3.42. The van der Waals surface area contributed by atoms with Crippen LogP contribution in [0.25, 0.3) is 10.6 Å². The number of hydrogen-bond acceptors (Lipinski definition) is 7. The van der Waals surface area contributed by atoms with Crippen molar-refractivity contribution in [1.82, 2.24) is 25.1 Å². The minimum Gasteiger partial charge on any atom is -0.493 e. The third-order valence-electron chi connectivity index (χ3n) is 4.46. The molecule has 0 saturated carbocycles. The number of rotatable bonds is 6. The van der Waals surface area contributed by atoms with E-state index in [1.54, 1.807) is 19.6 Å². The quantitative estimate of drug-likeness (QED) is 0.700.